The van der Waals surface area contributed by atoms with Gasteiger partial charge in [-0.3, -0.25) is 4.98 Å². The average Bonchev–Trinajstić information content (AvgIpc) is 2.82. The van der Waals surface area contributed by atoms with Crippen molar-refractivity contribution in [2.75, 3.05) is 6.61 Å². The SMILES string of the molecule is O=C(O)c1ccncc1OCCn1ccnc1. The Morgan fingerprint density at radius 3 is 3.00 bits per heavy atom. The number of pyridine rings is 1. The second-order valence-corrected chi connectivity index (χ2v) is 3.33. The zero-order chi connectivity index (χ0) is 12.1. The van der Waals surface area contributed by atoms with E-state index in [2.05, 4.69) is 9.97 Å². The second kappa shape index (κ2) is 5.11. The van der Waals surface area contributed by atoms with Crippen molar-refractivity contribution in [3.8, 4) is 5.75 Å². The summed E-state index contributed by atoms with van der Waals surface area (Å²) in [5.41, 5.74) is 0.116. The number of carboxylic acids is 1. The maximum atomic E-state index is 10.9. The largest absolute Gasteiger partial charge is 0.489 e. The predicted molar refractivity (Wildman–Crippen MR) is 58.9 cm³/mol. The molecule has 0 aliphatic carbocycles. The molecule has 0 spiro atoms. The van der Waals surface area contributed by atoms with E-state index in [1.165, 1.54) is 18.5 Å². The molecule has 0 saturated heterocycles. The van der Waals surface area contributed by atoms with Gasteiger partial charge in [-0.05, 0) is 6.07 Å². The van der Waals surface area contributed by atoms with Crippen LogP contribution in [0, 0.1) is 0 Å². The number of ether oxygens (including phenoxy) is 1. The quantitative estimate of drug-likeness (QED) is 0.835. The molecule has 0 fully saturated rings. The van der Waals surface area contributed by atoms with Crippen molar-refractivity contribution < 1.29 is 14.6 Å². The van der Waals surface area contributed by atoms with E-state index < -0.39 is 5.97 Å². The number of hydrogen-bond acceptors (Lipinski definition) is 4. The number of carboxylic acid groups (broad SMARTS) is 1. The predicted octanol–water partition coefficient (Wildman–Crippen LogP) is 1.06. The Kier molecular flexibility index (Phi) is 3.34. The van der Waals surface area contributed by atoms with Crippen molar-refractivity contribution in [1.82, 2.24) is 14.5 Å². The van der Waals surface area contributed by atoms with Crippen molar-refractivity contribution in [1.29, 1.82) is 0 Å². The van der Waals surface area contributed by atoms with E-state index in [9.17, 15) is 4.79 Å². The third-order valence-corrected chi connectivity index (χ3v) is 2.18. The molecule has 2 rings (SSSR count). The molecule has 2 heterocycles. The molecule has 0 unspecified atom stereocenters. The number of rotatable bonds is 5. The van der Waals surface area contributed by atoms with Crippen LogP contribution < -0.4 is 4.74 Å². The highest BCUT2D eigenvalue weighted by Gasteiger charge is 2.10. The molecule has 88 valence electrons. The Bertz CT molecular complexity index is 496. The average molecular weight is 233 g/mol. The number of imidazole rings is 1. The van der Waals surface area contributed by atoms with Crippen LogP contribution in [0.3, 0.4) is 0 Å². The lowest BCUT2D eigenvalue weighted by atomic mass is 10.2. The number of nitrogens with zero attached hydrogens (tertiary/aromatic N) is 3. The van der Waals surface area contributed by atoms with E-state index in [1.807, 2.05) is 10.8 Å². The fourth-order valence-corrected chi connectivity index (χ4v) is 1.35. The Balaban J connectivity index is 1.97. The van der Waals surface area contributed by atoms with Crippen molar-refractivity contribution in [3.63, 3.8) is 0 Å². The monoisotopic (exact) mass is 233 g/mol. The first-order valence-electron chi connectivity index (χ1n) is 5.03. The molecule has 2 aromatic heterocycles. The molecule has 0 radical (unpaired) electrons. The zero-order valence-corrected chi connectivity index (χ0v) is 8.98. The van der Waals surface area contributed by atoms with Gasteiger partial charge in [-0.15, -0.1) is 0 Å². The van der Waals surface area contributed by atoms with E-state index in [0.717, 1.165) is 0 Å². The molecule has 0 aliphatic heterocycles. The summed E-state index contributed by atoms with van der Waals surface area (Å²) < 4.78 is 7.22. The molecule has 1 N–H and O–H groups in total. The molecule has 0 atom stereocenters. The van der Waals surface area contributed by atoms with Gasteiger partial charge in [0.2, 0.25) is 0 Å². The molecule has 0 aliphatic rings. The lowest BCUT2D eigenvalue weighted by Crippen LogP contribution is -2.09. The number of hydrogen-bond donors (Lipinski definition) is 1. The fourth-order valence-electron chi connectivity index (χ4n) is 1.35. The van der Waals surface area contributed by atoms with Crippen LogP contribution in [-0.4, -0.2) is 32.2 Å². The van der Waals surface area contributed by atoms with Gasteiger partial charge >= 0.3 is 5.97 Å². The van der Waals surface area contributed by atoms with Gasteiger partial charge in [0.25, 0.3) is 0 Å². The molecule has 0 saturated carbocycles. The van der Waals surface area contributed by atoms with E-state index in [1.54, 1.807) is 12.5 Å². The molecule has 17 heavy (non-hydrogen) atoms. The van der Waals surface area contributed by atoms with Gasteiger partial charge in [-0.25, -0.2) is 9.78 Å². The van der Waals surface area contributed by atoms with Crippen LogP contribution in [0.5, 0.6) is 5.75 Å². The third kappa shape index (κ3) is 2.81. The van der Waals surface area contributed by atoms with Gasteiger partial charge in [0.05, 0.1) is 19.1 Å². The van der Waals surface area contributed by atoms with Crippen molar-refractivity contribution >= 4 is 5.97 Å². The van der Waals surface area contributed by atoms with Gasteiger partial charge in [0.1, 0.15) is 12.2 Å². The molecule has 2 aromatic rings. The van der Waals surface area contributed by atoms with Crippen molar-refractivity contribution in [3.05, 3.63) is 42.7 Å². The van der Waals surface area contributed by atoms with Gasteiger partial charge in [0.15, 0.2) is 5.75 Å². The number of aromatic carboxylic acids is 1. The highest BCUT2D eigenvalue weighted by Crippen LogP contribution is 2.15. The Morgan fingerprint density at radius 2 is 2.29 bits per heavy atom. The maximum Gasteiger partial charge on any atom is 0.339 e. The lowest BCUT2D eigenvalue weighted by Gasteiger charge is -2.08. The first kappa shape index (κ1) is 11.1. The fraction of sp³-hybridized carbons (Fsp3) is 0.182. The molecule has 0 bridgehead atoms. The summed E-state index contributed by atoms with van der Waals surface area (Å²) in [5.74, 6) is -0.745. The van der Waals surface area contributed by atoms with Crippen LogP contribution in [0.2, 0.25) is 0 Å². The van der Waals surface area contributed by atoms with E-state index >= 15 is 0 Å². The molecular formula is C11H11N3O3. The first-order chi connectivity index (χ1) is 8.27. The van der Waals surface area contributed by atoms with Gasteiger partial charge in [0, 0.05) is 18.6 Å². The summed E-state index contributed by atoms with van der Waals surface area (Å²) in [6.07, 6.45) is 7.98. The molecular weight excluding hydrogens is 222 g/mol. The van der Waals surface area contributed by atoms with Crippen LogP contribution in [-0.2, 0) is 6.54 Å². The Hall–Kier alpha value is -2.37. The smallest absolute Gasteiger partial charge is 0.339 e. The van der Waals surface area contributed by atoms with E-state index in [0.29, 0.717) is 13.2 Å². The molecule has 6 nitrogen and oxygen atoms in total. The van der Waals surface area contributed by atoms with Crippen LogP contribution in [0.4, 0.5) is 0 Å². The summed E-state index contributed by atoms with van der Waals surface area (Å²) in [4.78, 5) is 18.6. The van der Waals surface area contributed by atoms with E-state index in [4.69, 9.17) is 9.84 Å². The third-order valence-electron chi connectivity index (χ3n) is 2.18. The minimum absolute atomic E-state index is 0.116. The zero-order valence-electron chi connectivity index (χ0n) is 8.98. The Labute approximate surface area is 97.5 Å². The molecule has 0 aromatic carbocycles. The second-order valence-electron chi connectivity index (χ2n) is 3.33. The topological polar surface area (TPSA) is 77.2 Å². The minimum atomic E-state index is -1.02. The number of carbonyl (C=O) groups is 1. The lowest BCUT2D eigenvalue weighted by molar-refractivity contribution is 0.0692. The van der Waals surface area contributed by atoms with Gasteiger partial charge < -0.3 is 14.4 Å². The standard InChI is InChI=1S/C11H11N3O3/c15-11(16)9-1-2-12-7-10(9)17-6-5-14-4-3-13-8-14/h1-4,7-8H,5-6H2,(H,15,16). The van der Waals surface area contributed by atoms with E-state index in [-0.39, 0.29) is 11.3 Å². The first-order valence-corrected chi connectivity index (χ1v) is 5.03. The van der Waals surface area contributed by atoms with Crippen LogP contribution in [0.15, 0.2) is 37.2 Å². The summed E-state index contributed by atoms with van der Waals surface area (Å²) in [6, 6.07) is 1.41. The maximum absolute atomic E-state index is 10.9. The highest BCUT2D eigenvalue weighted by molar-refractivity contribution is 5.90. The Morgan fingerprint density at radius 1 is 1.41 bits per heavy atom. The highest BCUT2D eigenvalue weighted by atomic mass is 16.5. The van der Waals surface area contributed by atoms with Crippen LogP contribution in [0.25, 0.3) is 0 Å². The number of aromatic nitrogens is 3. The summed E-state index contributed by atoms with van der Waals surface area (Å²) >= 11 is 0. The summed E-state index contributed by atoms with van der Waals surface area (Å²) in [5, 5.41) is 8.93. The minimum Gasteiger partial charge on any atom is -0.489 e. The van der Waals surface area contributed by atoms with Gasteiger partial charge in [-0.2, -0.15) is 0 Å². The van der Waals surface area contributed by atoms with Crippen LogP contribution >= 0.6 is 0 Å². The van der Waals surface area contributed by atoms with Crippen molar-refractivity contribution in [2.45, 2.75) is 6.54 Å². The molecule has 0 amide bonds. The molecule has 6 heteroatoms. The van der Waals surface area contributed by atoms with Crippen molar-refractivity contribution in [2.24, 2.45) is 0 Å². The summed E-state index contributed by atoms with van der Waals surface area (Å²) in [6.45, 7) is 0.969. The normalized spacial score (nSPS) is 10.1. The summed E-state index contributed by atoms with van der Waals surface area (Å²) in [7, 11) is 0. The van der Waals surface area contributed by atoms with Crippen LogP contribution in [0.1, 0.15) is 10.4 Å². The van der Waals surface area contributed by atoms with Gasteiger partial charge in [-0.1, -0.05) is 0 Å².